The van der Waals surface area contributed by atoms with Gasteiger partial charge in [0.25, 0.3) is 0 Å². The van der Waals surface area contributed by atoms with E-state index in [2.05, 4.69) is 19.2 Å². The van der Waals surface area contributed by atoms with E-state index < -0.39 is 0 Å². The maximum Gasteiger partial charge on any atom is 0.241 e. The van der Waals surface area contributed by atoms with Crippen molar-refractivity contribution in [3.63, 3.8) is 0 Å². The molecule has 1 heterocycles. The van der Waals surface area contributed by atoms with Crippen LogP contribution in [-0.2, 0) is 9.53 Å². The molecule has 17 heavy (non-hydrogen) atoms. The quantitative estimate of drug-likeness (QED) is 0.769. The molecule has 1 aliphatic heterocycles. The molecule has 4 nitrogen and oxygen atoms in total. The molecule has 4 heteroatoms. The Morgan fingerprint density at radius 2 is 2.06 bits per heavy atom. The Kier molecular flexibility index (Phi) is 5.40. The lowest BCUT2D eigenvalue weighted by Gasteiger charge is -2.28. The molecule has 100 valence electrons. The van der Waals surface area contributed by atoms with E-state index in [1.54, 1.807) is 0 Å². The van der Waals surface area contributed by atoms with Gasteiger partial charge in [0.15, 0.2) is 0 Å². The zero-order valence-corrected chi connectivity index (χ0v) is 11.7. The van der Waals surface area contributed by atoms with Gasteiger partial charge in [0, 0.05) is 6.61 Å². The van der Waals surface area contributed by atoms with Crippen molar-refractivity contribution in [3.05, 3.63) is 0 Å². The molecule has 0 saturated carbocycles. The van der Waals surface area contributed by atoms with Crippen LogP contribution in [0.1, 0.15) is 41.0 Å². The third-order valence-corrected chi connectivity index (χ3v) is 3.16. The number of rotatable bonds is 6. The number of nitrogens with one attached hydrogen (secondary N) is 1. The molecule has 1 rings (SSSR count). The monoisotopic (exact) mass is 242 g/mol. The largest absolute Gasteiger partial charge is 0.380 e. The van der Waals surface area contributed by atoms with E-state index in [0.29, 0.717) is 19.1 Å². The number of nitrogens with zero attached hydrogens (tertiary/aromatic N) is 1. The molecular formula is C13H26N2O2. The Labute approximate surface area is 105 Å². The molecule has 3 unspecified atom stereocenters. The summed E-state index contributed by atoms with van der Waals surface area (Å²) in [4.78, 5) is 14.2. The summed E-state index contributed by atoms with van der Waals surface area (Å²) in [6.45, 7) is 11.7. The molecule has 1 aliphatic rings. The molecule has 0 aromatic rings. The predicted octanol–water partition coefficient (Wildman–Crippen LogP) is 1.60. The molecular weight excluding hydrogens is 216 g/mol. The number of hydrogen-bond acceptors (Lipinski definition) is 3. The second-order valence-corrected chi connectivity index (χ2v) is 5.28. The third kappa shape index (κ3) is 3.68. The highest BCUT2D eigenvalue weighted by molar-refractivity contribution is 5.84. The van der Waals surface area contributed by atoms with Crippen molar-refractivity contribution in [1.82, 2.24) is 10.2 Å². The topological polar surface area (TPSA) is 41.6 Å². The van der Waals surface area contributed by atoms with Crippen LogP contribution in [0.15, 0.2) is 0 Å². The van der Waals surface area contributed by atoms with Crippen LogP contribution in [0.3, 0.4) is 0 Å². The van der Waals surface area contributed by atoms with Gasteiger partial charge >= 0.3 is 0 Å². The highest BCUT2D eigenvalue weighted by Gasteiger charge is 2.38. The first-order valence-electron chi connectivity index (χ1n) is 6.63. The summed E-state index contributed by atoms with van der Waals surface area (Å²) in [5.41, 5.74) is 0. The first-order chi connectivity index (χ1) is 7.97. The fraction of sp³-hybridized carbons (Fsp3) is 0.923. The zero-order valence-electron chi connectivity index (χ0n) is 11.7. The van der Waals surface area contributed by atoms with Gasteiger partial charge < -0.3 is 9.64 Å². The fourth-order valence-corrected chi connectivity index (χ4v) is 2.42. The molecule has 0 aromatic heterocycles. The molecule has 1 fully saturated rings. The maximum atomic E-state index is 12.3. The molecule has 1 saturated heterocycles. The minimum absolute atomic E-state index is 0.0194. The van der Waals surface area contributed by atoms with E-state index in [1.807, 2.05) is 25.7 Å². The minimum Gasteiger partial charge on any atom is -0.380 e. The van der Waals surface area contributed by atoms with Crippen molar-refractivity contribution < 1.29 is 9.53 Å². The molecule has 0 aliphatic carbocycles. The SMILES string of the molecule is CCOCC(C)N1C(=O)C(CC(C)C)NC1C. The van der Waals surface area contributed by atoms with E-state index in [0.717, 1.165) is 6.42 Å². The van der Waals surface area contributed by atoms with Crippen molar-refractivity contribution in [2.24, 2.45) is 5.92 Å². The van der Waals surface area contributed by atoms with Gasteiger partial charge in [-0.05, 0) is 33.1 Å². The summed E-state index contributed by atoms with van der Waals surface area (Å²) in [6, 6.07) is 0.121. The molecule has 0 aromatic carbocycles. The summed E-state index contributed by atoms with van der Waals surface area (Å²) < 4.78 is 5.40. The number of ether oxygens (including phenoxy) is 1. The Morgan fingerprint density at radius 1 is 1.41 bits per heavy atom. The van der Waals surface area contributed by atoms with Gasteiger partial charge in [-0.3, -0.25) is 10.1 Å². The van der Waals surface area contributed by atoms with Gasteiger partial charge in [-0.2, -0.15) is 0 Å². The van der Waals surface area contributed by atoms with Crippen LogP contribution in [0.4, 0.5) is 0 Å². The van der Waals surface area contributed by atoms with Crippen LogP contribution in [0.2, 0.25) is 0 Å². The van der Waals surface area contributed by atoms with Gasteiger partial charge in [0.1, 0.15) is 0 Å². The average Bonchev–Trinajstić information content (AvgIpc) is 2.50. The molecule has 0 spiro atoms. The summed E-state index contributed by atoms with van der Waals surface area (Å²) in [5.74, 6) is 0.754. The van der Waals surface area contributed by atoms with Crippen molar-refractivity contribution in [2.75, 3.05) is 13.2 Å². The van der Waals surface area contributed by atoms with Crippen LogP contribution >= 0.6 is 0 Å². The summed E-state index contributed by atoms with van der Waals surface area (Å²) in [6.07, 6.45) is 1.02. The van der Waals surface area contributed by atoms with E-state index in [1.165, 1.54) is 0 Å². The number of hydrogen-bond donors (Lipinski definition) is 1. The lowest BCUT2D eigenvalue weighted by molar-refractivity contribution is -0.133. The van der Waals surface area contributed by atoms with Gasteiger partial charge in [-0.1, -0.05) is 13.8 Å². The van der Waals surface area contributed by atoms with Gasteiger partial charge in [-0.15, -0.1) is 0 Å². The third-order valence-electron chi connectivity index (χ3n) is 3.16. The fourth-order valence-electron chi connectivity index (χ4n) is 2.42. The van der Waals surface area contributed by atoms with Crippen molar-refractivity contribution in [2.45, 2.75) is 59.3 Å². The van der Waals surface area contributed by atoms with Crippen LogP contribution in [0.5, 0.6) is 0 Å². The highest BCUT2D eigenvalue weighted by Crippen LogP contribution is 2.19. The molecule has 0 bridgehead atoms. The molecule has 3 atom stereocenters. The van der Waals surface area contributed by atoms with Crippen molar-refractivity contribution in [3.8, 4) is 0 Å². The van der Waals surface area contributed by atoms with E-state index in [4.69, 9.17) is 4.74 Å². The first kappa shape index (κ1) is 14.5. The summed E-state index contributed by atoms with van der Waals surface area (Å²) >= 11 is 0. The van der Waals surface area contributed by atoms with Crippen LogP contribution in [0.25, 0.3) is 0 Å². The van der Waals surface area contributed by atoms with E-state index in [9.17, 15) is 4.79 Å². The maximum absolute atomic E-state index is 12.3. The lowest BCUT2D eigenvalue weighted by Crippen LogP contribution is -2.43. The molecule has 0 radical (unpaired) electrons. The second-order valence-electron chi connectivity index (χ2n) is 5.28. The normalized spacial score (nSPS) is 26.9. The standard InChI is InChI=1S/C13H26N2O2/c1-6-17-8-10(4)15-11(5)14-12(13(15)16)7-9(2)3/h9-12,14H,6-8H2,1-5H3. The van der Waals surface area contributed by atoms with Gasteiger partial charge in [0.2, 0.25) is 5.91 Å². The van der Waals surface area contributed by atoms with Crippen LogP contribution in [0, 0.1) is 5.92 Å². The lowest BCUT2D eigenvalue weighted by atomic mass is 10.0. The Bertz CT molecular complexity index is 256. The number of carbonyl (C=O) groups is 1. The Hall–Kier alpha value is -0.610. The Balaban J connectivity index is 2.58. The average molecular weight is 242 g/mol. The smallest absolute Gasteiger partial charge is 0.241 e. The predicted molar refractivity (Wildman–Crippen MR) is 68.6 cm³/mol. The minimum atomic E-state index is -0.0194. The van der Waals surface area contributed by atoms with Crippen LogP contribution in [-0.4, -0.2) is 42.3 Å². The van der Waals surface area contributed by atoms with Gasteiger partial charge in [-0.25, -0.2) is 0 Å². The highest BCUT2D eigenvalue weighted by atomic mass is 16.5. The number of carbonyl (C=O) groups excluding carboxylic acids is 1. The van der Waals surface area contributed by atoms with Crippen LogP contribution < -0.4 is 5.32 Å². The molecule has 1 amide bonds. The second kappa shape index (κ2) is 6.36. The first-order valence-corrected chi connectivity index (χ1v) is 6.63. The zero-order chi connectivity index (χ0) is 13.0. The summed E-state index contributed by atoms with van der Waals surface area (Å²) in [5, 5.41) is 3.36. The summed E-state index contributed by atoms with van der Waals surface area (Å²) in [7, 11) is 0. The Morgan fingerprint density at radius 3 is 2.59 bits per heavy atom. The van der Waals surface area contributed by atoms with Crippen molar-refractivity contribution >= 4 is 5.91 Å². The van der Waals surface area contributed by atoms with Crippen molar-refractivity contribution in [1.29, 1.82) is 0 Å². The van der Waals surface area contributed by atoms with E-state index >= 15 is 0 Å². The number of amides is 1. The van der Waals surface area contributed by atoms with E-state index in [-0.39, 0.29) is 24.2 Å². The molecule has 1 N–H and O–H groups in total. The van der Waals surface area contributed by atoms with Gasteiger partial charge in [0.05, 0.1) is 24.9 Å².